The molecular weight excluding hydrogens is 400 g/mol. The van der Waals surface area contributed by atoms with Gasteiger partial charge in [-0.1, -0.05) is 15.9 Å². The van der Waals surface area contributed by atoms with E-state index in [0.29, 0.717) is 18.2 Å². The minimum Gasteiger partial charge on any atom is -0.357 e. The highest BCUT2D eigenvalue weighted by molar-refractivity contribution is 9.10. The van der Waals surface area contributed by atoms with Gasteiger partial charge in [0.2, 0.25) is 5.91 Å². The number of hydrogen-bond donors (Lipinski definition) is 3. The second-order valence-electron chi connectivity index (χ2n) is 6.04. The lowest BCUT2D eigenvalue weighted by molar-refractivity contribution is -0.116. The van der Waals surface area contributed by atoms with E-state index in [0.717, 1.165) is 34.8 Å². The van der Waals surface area contributed by atoms with Crippen LogP contribution in [0.5, 0.6) is 0 Å². The quantitative estimate of drug-likeness (QED) is 0.460. The molecule has 1 aromatic carbocycles. The SMILES string of the molecule is CCNC(=NCC1CCCS1)NCCC(=O)Nc1ccc(Br)cc1C. The molecule has 1 unspecified atom stereocenters. The van der Waals surface area contributed by atoms with Crippen LogP contribution in [0, 0.1) is 6.92 Å². The summed E-state index contributed by atoms with van der Waals surface area (Å²) in [7, 11) is 0. The van der Waals surface area contributed by atoms with Gasteiger partial charge >= 0.3 is 0 Å². The fourth-order valence-electron chi connectivity index (χ4n) is 2.60. The van der Waals surface area contributed by atoms with E-state index >= 15 is 0 Å². The van der Waals surface area contributed by atoms with Gasteiger partial charge in [0.1, 0.15) is 0 Å². The molecule has 0 aromatic heterocycles. The summed E-state index contributed by atoms with van der Waals surface area (Å²) >= 11 is 5.43. The van der Waals surface area contributed by atoms with Gasteiger partial charge in [-0.15, -0.1) is 0 Å². The van der Waals surface area contributed by atoms with Crippen molar-refractivity contribution in [3.63, 3.8) is 0 Å². The van der Waals surface area contributed by atoms with Gasteiger partial charge in [0.15, 0.2) is 5.96 Å². The predicted octanol–water partition coefficient (Wildman–Crippen LogP) is 3.54. The number of hydrogen-bond acceptors (Lipinski definition) is 3. The molecule has 0 bridgehead atoms. The Morgan fingerprint density at radius 2 is 2.24 bits per heavy atom. The van der Waals surface area contributed by atoms with E-state index in [1.807, 2.05) is 43.8 Å². The third-order valence-electron chi connectivity index (χ3n) is 3.93. The van der Waals surface area contributed by atoms with E-state index in [-0.39, 0.29) is 5.91 Å². The second kappa shape index (κ2) is 10.7. The van der Waals surface area contributed by atoms with Crippen LogP contribution in [0.25, 0.3) is 0 Å². The van der Waals surface area contributed by atoms with Crippen molar-refractivity contribution in [2.45, 2.75) is 38.4 Å². The Morgan fingerprint density at radius 3 is 2.92 bits per heavy atom. The number of carbonyl (C=O) groups excluding carboxylic acids is 1. The Bertz CT molecular complexity index is 603. The first kappa shape index (κ1) is 20.1. The molecule has 0 saturated carbocycles. The molecule has 1 amide bonds. The van der Waals surface area contributed by atoms with Crippen molar-refractivity contribution in [1.82, 2.24) is 10.6 Å². The summed E-state index contributed by atoms with van der Waals surface area (Å²) in [5, 5.41) is 10.1. The summed E-state index contributed by atoms with van der Waals surface area (Å²) in [4.78, 5) is 16.8. The van der Waals surface area contributed by atoms with Crippen LogP contribution in [0.4, 0.5) is 5.69 Å². The van der Waals surface area contributed by atoms with Gasteiger partial charge in [-0.2, -0.15) is 11.8 Å². The molecule has 1 heterocycles. The van der Waals surface area contributed by atoms with Crippen LogP contribution in [0.3, 0.4) is 0 Å². The summed E-state index contributed by atoms with van der Waals surface area (Å²) in [5.74, 6) is 2.04. The van der Waals surface area contributed by atoms with Crippen LogP contribution < -0.4 is 16.0 Å². The molecule has 1 fully saturated rings. The van der Waals surface area contributed by atoms with Gasteiger partial charge < -0.3 is 16.0 Å². The molecule has 3 N–H and O–H groups in total. The zero-order valence-corrected chi connectivity index (χ0v) is 17.3. The smallest absolute Gasteiger partial charge is 0.226 e. The number of benzene rings is 1. The van der Waals surface area contributed by atoms with Crippen LogP contribution in [-0.4, -0.2) is 42.5 Å². The van der Waals surface area contributed by atoms with E-state index in [9.17, 15) is 4.79 Å². The molecule has 0 radical (unpaired) electrons. The molecule has 138 valence electrons. The van der Waals surface area contributed by atoms with E-state index < -0.39 is 0 Å². The summed E-state index contributed by atoms with van der Waals surface area (Å²) in [6.45, 7) is 6.24. The zero-order chi connectivity index (χ0) is 18.1. The summed E-state index contributed by atoms with van der Waals surface area (Å²) < 4.78 is 1.01. The maximum absolute atomic E-state index is 12.1. The van der Waals surface area contributed by atoms with E-state index in [1.54, 1.807) is 0 Å². The molecule has 1 saturated heterocycles. The van der Waals surface area contributed by atoms with Gasteiger partial charge in [0, 0.05) is 34.9 Å². The molecule has 1 aromatic rings. The fraction of sp³-hybridized carbons (Fsp3) is 0.556. The van der Waals surface area contributed by atoms with Crippen molar-refractivity contribution >= 4 is 45.2 Å². The number of nitrogens with one attached hydrogen (secondary N) is 3. The normalized spacial score (nSPS) is 17.4. The van der Waals surface area contributed by atoms with Gasteiger partial charge in [0.25, 0.3) is 0 Å². The van der Waals surface area contributed by atoms with Gasteiger partial charge in [-0.05, 0) is 56.2 Å². The maximum Gasteiger partial charge on any atom is 0.226 e. The number of guanidine groups is 1. The molecule has 25 heavy (non-hydrogen) atoms. The Hall–Kier alpha value is -1.21. The summed E-state index contributed by atoms with van der Waals surface area (Å²) in [6.07, 6.45) is 2.95. The Labute approximate surface area is 163 Å². The standard InChI is InChI=1S/C18H27BrN4OS/c1-3-20-18(22-12-15-5-4-10-25-15)21-9-8-17(24)23-16-7-6-14(19)11-13(16)2/h6-7,11,15H,3-5,8-10,12H2,1-2H3,(H,23,24)(H2,20,21,22). The van der Waals surface area contributed by atoms with Crippen molar-refractivity contribution in [3.05, 3.63) is 28.2 Å². The molecule has 1 aliphatic heterocycles. The number of anilines is 1. The molecular formula is C18H27BrN4OS. The van der Waals surface area contributed by atoms with Gasteiger partial charge in [-0.25, -0.2) is 0 Å². The first-order valence-corrected chi connectivity index (χ1v) is 10.6. The molecule has 2 rings (SSSR count). The fourth-order valence-corrected chi connectivity index (χ4v) is 4.25. The van der Waals surface area contributed by atoms with Crippen LogP contribution in [0.2, 0.25) is 0 Å². The number of aliphatic imine (C=N–C) groups is 1. The van der Waals surface area contributed by atoms with Crippen molar-refractivity contribution in [1.29, 1.82) is 0 Å². The van der Waals surface area contributed by atoms with Crippen LogP contribution in [-0.2, 0) is 4.79 Å². The lowest BCUT2D eigenvalue weighted by Crippen LogP contribution is -2.39. The first-order valence-electron chi connectivity index (χ1n) is 8.78. The molecule has 0 aliphatic carbocycles. The summed E-state index contributed by atoms with van der Waals surface area (Å²) in [5.41, 5.74) is 1.90. The number of rotatable bonds is 7. The lowest BCUT2D eigenvalue weighted by Gasteiger charge is -2.13. The largest absolute Gasteiger partial charge is 0.357 e. The highest BCUT2D eigenvalue weighted by Crippen LogP contribution is 2.26. The lowest BCUT2D eigenvalue weighted by atomic mass is 10.2. The maximum atomic E-state index is 12.1. The highest BCUT2D eigenvalue weighted by Gasteiger charge is 2.15. The number of thioether (sulfide) groups is 1. The Kier molecular flexibility index (Phi) is 8.61. The van der Waals surface area contributed by atoms with Crippen molar-refractivity contribution in [2.24, 2.45) is 4.99 Å². The summed E-state index contributed by atoms with van der Waals surface area (Å²) in [6, 6.07) is 5.83. The molecule has 1 atom stereocenters. The number of nitrogens with zero attached hydrogens (tertiary/aromatic N) is 1. The minimum atomic E-state index is 0.000111. The first-order chi connectivity index (χ1) is 12.1. The van der Waals surface area contributed by atoms with Crippen LogP contribution in [0.1, 0.15) is 31.7 Å². The monoisotopic (exact) mass is 426 g/mol. The second-order valence-corrected chi connectivity index (χ2v) is 8.36. The Balaban J connectivity index is 1.76. The molecule has 0 spiro atoms. The van der Waals surface area contributed by atoms with E-state index in [1.165, 1.54) is 18.6 Å². The third-order valence-corrected chi connectivity index (χ3v) is 5.80. The van der Waals surface area contributed by atoms with E-state index in [4.69, 9.17) is 0 Å². The van der Waals surface area contributed by atoms with Gasteiger partial charge in [-0.3, -0.25) is 9.79 Å². The minimum absolute atomic E-state index is 0.000111. The van der Waals surface area contributed by atoms with Crippen molar-refractivity contribution in [2.75, 3.05) is 30.7 Å². The molecule has 7 heteroatoms. The Morgan fingerprint density at radius 1 is 1.40 bits per heavy atom. The number of halogens is 1. The molecule has 1 aliphatic rings. The van der Waals surface area contributed by atoms with Crippen molar-refractivity contribution in [3.8, 4) is 0 Å². The highest BCUT2D eigenvalue weighted by atomic mass is 79.9. The van der Waals surface area contributed by atoms with Crippen LogP contribution in [0.15, 0.2) is 27.7 Å². The third kappa shape index (κ3) is 7.28. The average Bonchev–Trinajstić information content (AvgIpc) is 3.09. The molecule has 5 nitrogen and oxygen atoms in total. The average molecular weight is 427 g/mol. The topological polar surface area (TPSA) is 65.5 Å². The zero-order valence-electron chi connectivity index (χ0n) is 14.9. The predicted molar refractivity (Wildman–Crippen MR) is 112 cm³/mol. The van der Waals surface area contributed by atoms with E-state index in [2.05, 4.69) is 36.9 Å². The van der Waals surface area contributed by atoms with Gasteiger partial charge in [0.05, 0.1) is 6.54 Å². The number of aryl methyl sites for hydroxylation is 1. The number of carbonyl (C=O) groups is 1. The van der Waals surface area contributed by atoms with Crippen LogP contribution >= 0.6 is 27.7 Å². The number of amides is 1. The van der Waals surface area contributed by atoms with Crippen molar-refractivity contribution < 1.29 is 4.79 Å².